The summed E-state index contributed by atoms with van der Waals surface area (Å²) in [7, 11) is -3.69. The van der Waals surface area contributed by atoms with E-state index < -0.39 is 40.0 Å². The van der Waals surface area contributed by atoms with Crippen LogP contribution in [0.1, 0.15) is 31.4 Å². The lowest BCUT2D eigenvalue weighted by molar-refractivity contribution is -0.134. The third kappa shape index (κ3) is 3.89. The molecule has 1 atom stereocenters. The van der Waals surface area contributed by atoms with Crippen molar-refractivity contribution < 1.29 is 22.8 Å². The van der Waals surface area contributed by atoms with Gasteiger partial charge >= 0.3 is 6.03 Å². The van der Waals surface area contributed by atoms with Crippen molar-refractivity contribution in [2.45, 2.75) is 37.1 Å². The molecule has 0 saturated carbocycles. The Kier molecular flexibility index (Phi) is 5.98. The number of sulfonamides is 1. The highest BCUT2D eigenvalue weighted by Gasteiger charge is 2.55. The topological polar surface area (TPSA) is 116 Å². The minimum Gasteiger partial charge on any atom is -0.324 e. The van der Waals surface area contributed by atoms with E-state index in [1.807, 2.05) is 24.3 Å². The summed E-state index contributed by atoms with van der Waals surface area (Å²) in [6.07, 6.45) is 1.11. The highest BCUT2D eigenvalue weighted by molar-refractivity contribution is 7.89. The number of aryl methyl sites for hydroxylation is 1. The largest absolute Gasteiger partial charge is 0.325 e. The molecule has 1 heterocycles. The van der Waals surface area contributed by atoms with Gasteiger partial charge in [0.15, 0.2) is 0 Å². The molecule has 1 saturated heterocycles. The van der Waals surface area contributed by atoms with Gasteiger partial charge in [-0.3, -0.25) is 14.5 Å². The third-order valence-corrected chi connectivity index (χ3v) is 8.23. The average molecular weight is 471 g/mol. The first kappa shape index (κ1) is 22.9. The molecule has 2 aromatic rings. The number of benzene rings is 2. The summed E-state index contributed by atoms with van der Waals surface area (Å²) in [6.45, 7) is 3.68. The predicted molar refractivity (Wildman–Crippen MR) is 122 cm³/mol. The van der Waals surface area contributed by atoms with E-state index in [0.29, 0.717) is 25.9 Å². The average Bonchev–Trinajstić information content (AvgIpc) is 3.28. The molecule has 10 heteroatoms. The van der Waals surface area contributed by atoms with Crippen molar-refractivity contribution in [1.29, 1.82) is 0 Å². The Morgan fingerprint density at radius 1 is 1.12 bits per heavy atom. The number of imide groups is 1. The molecule has 2 N–H and O–H groups in total. The standard InChI is InChI=1S/C23H26N4O5S/c1-3-26(4-2)33(31,32)18-10-7-9-17(14-18)24-20(28)15-27-21(29)23(25-22(27)30)13-12-16-8-5-6-11-19(16)23/h5-11,14H,3-4,12-13,15H2,1-2H3,(H,24,28)(H,25,30)/t23-/m1/s1. The minimum absolute atomic E-state index is 0.0560. The highest BCUT2D eigenvalue weighted by Crippen LogP contribution is 2.41. The van der Waals surface area contributed by atoms with Crippen LogP contribution < -0.4 is 10.6 Å². The summed E-state index contributed by atoms with van der Waals surface area (Å²) in [6, 6.07) is 12.8. The van der Waals surface area contributed by atoms with Gasteiger partial charge < -0.3 is 10.6 Å². The normalized spacial score (nSPS) is 19.8. The van der Waals surface area contributed by atoms with E-state index in [1.54, 1.807) is 19.9 Å². The van der Waals surface area contributed by atoms with E-state index >= 15 is 0 Å². The van der Waals surface area contributed by atoms with Crippen LogP contribution in [0.4, 0.5) is 10.5 Å². The smallest absolute Gasteiger partial charge is 0.324 e. The Labute approximate surface area is 192 Å². The van der Waals surface area contributed by atoms with Crippen LogP contribution in [0.5, 0.6) is 0 Å². The van der Waals surface area contributed by atoms with Crippen LogP contribution in [0.2, 0.25) is 0 Å². The molecule has 4 rings (SSSR count). The number of carbonyl (C=O) groups is 3. The summed E-state index contributed by atoms with van der Waals surface area (Å²) in [5, 5.41) is 5.38. The number of hydrogen-bond acceptors (Lipinski definition) is 5. The van der Waals surface area contributed by atoms with Gasteiger partial charge in [-0.1, -0.05) is 44.2 Å². The lowest BCUT2D eigenvalue weighted by Gasteiger charge is -2.22. The van der Waals surface area contributed by atoms with Gasteiger partial charge in [0.05, 0.1) is 4.90 Å². The van der Waals surface area contributed by atoms with E-state index in [4.69, 9.17) is 0 Å². The van der Waals surface area contributed by atoms with Crippen LogP contribution in [0.25, 0.3) is 0 Å². The van der Waals surface area contributed by atoms with Crippen molar-refractivity contribution >= 4 is 33.6 Å². The Morgan fingerprint density at radius 2 is 1.85 bits per heavy atom. The van der Waals surface area contributed by atoms with Crippen LogP contribution >= 0.6 is 0 Å². The number of fused-ring (bicyclic) bond motifs is 2. The van der Waals surface area contributed by atoms with Crippen molar-refractivity contribution in [3.8, 4) is 0 Å². The molecule has 2 aliphatic rings. The van der Waals surface area contributed by atoms with Crippen molar-refractivity contribution in [2.24, 2.45) is 0 Å². The van der Waals surface area contributed by atoms with Gasteiger partial charge in [-0.2, -0.15) is 4.31 Å². The zero-order valence-electron chi connectivity index (χ0n) is 18.5. The maximum atomic E-state index is 13.2. The fraction of sp³-hybridized carbons (Fsp3) is 0.348. The molecule has 1 aliphatic carbocycles. The van der Waals surface area contributed by atoms with Gasteiger partial charge in [-0.05, 0) is 42.2 Å². The molecule has 9 nitrogen and oxygen atoms in total. The fourth-order valence-corrected chi connectivity index (χ4v) is 6.03. The van der Waals surface area contributed by atoms with Crippen LogP contribution in [-0.4, -0.2) is 55.1 Å². The molecular formula is C23H26N4O5S. The molecular weight excluding hydrogens is 444 g/mol. The fourth-order valence-electron chi connectivity index (χ4n) is 4.52. The van der Waals surface area contributed by atoms with Crippen LogP contribution in [0.3, 0.4) is 0 Å². The first-order valence-corrected chi connectivity index (χ1v) is 12.3. The molecule has 2 aromatic carbocycles. The first-order valence-electron chi connectivity index (χ1n) is 10.9. The van der Waals surface area contributed by atoms with E-state index in [-0.39, 0.29) is 10.6 Å². The second-order valence-electron chi connectivity index (χ2n) is 8.05. The van der Waals surface area contributed by atoms with Gasteiger partial charge in [0.1, 0.15) is 12.1 Å². The summed E-state index contributed by atoms with van der Waals surface area (Å²) in [5.41, 5.74) is 0.900. The van der Waals surface area contributed by atoms with E-state index in [2.05, 4.69) is 10.6 Å². The molecule has 1 fully saturated rings. The Morgan fingerprint density at radius 3 is 2.58 bits per heavy atom. The van der Waals surface area contributed by atoms with E-state index in [1.165, 1.54) is 22.5 Å². The lowest BCUT2D eigenvalue weighted by Crippen LogP contribution is -2.43. The van der Waals surface area contributed by atoms with Gasteiger partial charge in [-0.15, -0.1) is 0 Å². The lowest BCUT2D eigenvalue weighted by atomic mass is 9.92. The Balaban J connectivity index is 1.49. The molecule has 0 bridgehead atoms. The first-order chi connectivity index (χ1) is 15.7. The SMILES string of the molecule is CCN(CC)S(=O)(=O)c1cccc(NC(=O)CN2C(=O)N[C@@]3(CCc4ccccc43)C2=O)c1. The van der Waals surface area contributed by atoms with E-state index in [9.17, 15) is 22.8 Å². The molecule has 174 valence electrons. The molecule has 1 spiro atoms. The minimum atomic E-state index is -3.69. The van der Waals surface area contributed by atoms with Crippen molar-refractivity contribution in [3.05, 3.63) is 59.7 Å². The highest BCUT2D eigenvalue weighted by atomic mass is 32.2. The van der Waals surface area contributed by atoms with Crippen molar-refractivity contribution in [3.63, 3.8) is 0 Å². The quantitative estimate of drug-likeness (QED) is 0.601. The number of amides is 4. The predicted octanol–water partition coefficient (Wildman–Crippen LogP) is 2.05. The molecule has 0 radical (unpaired) electrons. The van der Waals surface area contributed by atoms with Gasteiger partial charge in [0, 0.05) is 18.8 Å². The van der Waals surface area contributed by atoms with Crippen LogP contribution in [0, 0.1) is 0 Å². The van der Waals surface area contributed by atoms with Crippen LogP contribution in [0.15, 0.2) is 53.4 Å². The second-order valence-corrected chi connectivity index (χ2v) is 9.99. The maximum Gasteiger partial charge on any atom is 0.325 e. The molecule has 33 heavy (non-hydrogen) atoms. The van der Waals surface area contributed by atoms with Gasteiger partial charge in [0.25, 0.3) is 5.91 Å². The maximum absolute atomic E-state index is 13.2. The molecule has 1 aliphatic heterocycles. The number of hydrogen-bond donors (Lipinski definition) is 2. The number of nitrogens with one attached hydrogen (secondary N) is 2. The molecule has 0 aromatic heterocycles. The summed E-state index contributed by atoms with van der Waals surface area (Å²) in [5.74, 6) is -1.05. The number of rotatable bonds is 7. The summed E-state index contributed by atoms with van der Waals surface area (Å²) >= 11 is 0. The third-order valence-electron chi connectivity index (χ3n) is 6.18. The zero-order valence-corrected chi connectivity index (χ0v) is 19.3. The van der Waals surface area contributed by atoms with Crippen molar-refractivity contribution in [2.75, 3.05) is 25.0 Å². The van der Waals surface area contributed by atoms with Crippen LogP contribution in [-0.2, 0) is 31.6 Å². The van der Waals surface area contributed by atoms with Crippen molar-refractivity contribution in [1.82, 2.24) is 14.5 Å². The summed E-state index contributed by atoms with van der Waals surface area (Å²) < 4.78 is 26.8. The number of urea groups is 1. The number of carbonyl (C=O) groups excluding carboxylic acids is 3. The zero-order chi connectivity index (χ0) is 23.8. The molecule has 4 amide bonds. The number of nitrogens with zero attached hydrogens (tertiary/aromatic N) is 2. The van der Waals surface area contributed by atoms with Gasteiger partial charge in [-0.25, -0.2) is 13.2 Å². The summed E-state index contributed by atoms with van der Waals surface area (Å²) in [4.78, 5) is 39.4. The number of anilines is 1. The van der Waals surface area contributed by atoms with E-state index in [0.717, 1.165) is 16.0 Å². The Hall–Kier alpha value is -3.24. The second kappa shape index (κ2) is 8.60. The Bertz CT molecular complexity index is 1220. The molecule has 0 unspecified atom stereocenters. The monoisotopic (exact) mass is 470 g/mol. The van der Waals surface area contributed by atoms with Gasteiger partial charge in [0.2, 0.25) is 15.9 Å².